The first-order chi connectivity index (χ1) is 9.35. The monoisotopic (exact) mass is 261 g/mol. The van der Waals surface area contributed by atoms with Crippen molar-refractivity contribution < 1.29 is 0 Å². The standard InChI is InChI=1S/C16H27N3/c1-3-5-14(6-4-2)15-7-8-18-16(13-15)19-11-9-17-10-12-19/h7-8,13-14,17H,3-6,9-12H2,1-2H3. The van der Waals surface area contributed by atoms with Crippen molar-refractivity contribution in [2.75, 3.05) is 31.1 Å². The van der Waals surface area contributed by atoms with E-state index in [1.165, 1.54) is 31.2 Å². The first kappa shape index (κ1) is 14.3. The zero-order chi connectivity index (χ0) is 13.5. The molecule has 0 aromatic carbocycles. The fraction of sp³-hybridized carbons (Fsp3) is 0.688. The van der Waals surface area contributed by atoms with Gasteiger partial charge in [0, 0.05) is 32.4 Å². The summed E-state index contributed by atoms with van der Waals surface area (Å²) >= 11 is 0. The van der Waals surface area contributed by atoms with Crippen LogP contribution in [0.1, 0.15) is 51.0 Å². The lowest BCUT2D eigenvalue weighted by molar-refractivity contribution is 0.558. The molecule has 106 valence electrons. The quantitative estimate of drug-likeness (QED) is 0.852. The highest BCUT2D eigenvalue weighted by atomic mass is 15.2. The van der Waals surface area contributed by atoms with Gasteiger partial charge in [-0.25, -0.2) is 4.98 Å². The summed E-state index contributed by atoms with van der Waals surface area (Å²) in [6.45, 7) is 8.84. The predicted molar refractivity (Wildman–Crippen MR) is 81.9 cm³/mol. The molecule has 1 saturated heterocycles. The van der Waals surface area contributed by atoms with Crippen LogP contribution in [0.15, 0.2) is 18.3 Å². The summed E-state index contributed by atoms with van der Waals surface area (Å²) < 4.78 is 0. The van der Waals surface area contributed by atoms with Crippen molar-refractivity contribution in [2.24, 2.45) is 0 Å². The average Bonchev–Trinajstić information content (AvgIpc) is 2.48. The molecule has 2 heterocycles. The minimum absolute atomic E-state index is 0.708. The number of aromatic nitrogens is 1. The van der Waals surface area contributed by atoms with Gasteiger partial charge in [-0.1, -0.05) is 26.7 Å². The molecule has 0 unspecified atom stereocenters. The lowest BCUT2D eigenvalue weighted by atomic mass is 9.91. The normalized spacial score (nSPS) is 16.1. The molecule has 19 heavy (non-hydrogen) atoms. The zero-order valence-electron chi connectivity index (χ0n) is 12.4. The Hall–Kier alpha value is -1.09. The van der Waals surface area contributed by atoms with Gasteiger partial charge in [-0.2, -0.15) is 0 Å². The molecule has 3 nitrogen and oxygen atoms in total. The summed E-state index contributed by atoms with van der Waals surface area (Å²) in [5.41, 5.74) is 1.48. The molecule has 0 radical (unpaired) electrons. The fourth-order valence-electron chi connectivity index (χ4n) is 2.93. The molecule has 0 aliphatic carbocycles. The molecule has 1 aromatic heterocycles. The number of nitrogens with zero attached hydrogens (tertiary/aromatic N) is 2. The van der Waals surface area contributed by atoms with Crippen LogP contribution in [0.4, 0.5) is 5.82 Å². The minimum atomic E-state index is 0.708. The number of pyridine rings is 1. The lowest BCUT2D eigenvalue weighted by Crippen LogP contribution is -2.43. The molecular weight excluding hydrogens is 234 g/mol. The SMILES string of the molecule is CCCC(CCC)c1ccnc(N2CCNCC2)c1. The van der Waals surface area contributed by atoms with Crippen molar-refractivity contribution in [3.63, 3.8) is 0 Å². The Morgan fingerprint density at radius 3 is 2.53 bits per heavy atom. The van der Waals surface area contributed by atoms with E-state index >= 15 is 0 Å². The highest BCUT2D eigenvalue weighted by Crippen LogP contribution is 2.28. The van der Waals surface area contributed by atoms with Crippen LogP contribution < -0.4 is 10.2 Å². The van der Waals surface area contributed by atoms with Crippen molar-refractivity contribution in [2.45, 2.75) is 45.4 Å². The van der Waals surface area contributed by atoms with Crippen LogP contribution in [0, 0.1) is 0 Å². The van der Waals surface area contributed by atoms with Crippen molar-refractivity contribution in [3.8, 4) is 0 Å². The van der Waals surface area contributed by atoms with Gasteiger partial charge in [0.25, 0.3) is 0 Å². The number of hydrogen-bond donors (Lipinski definition) is 1. The van der Waals surface area contributed by atoms with Gasteiger partial charge < -0.3 is 10.2 Å². The highest BCUT2D eigenvalue weighted by molar-refractivity contribution is 5.42. The van der Waals surface area contributed by atoms with Crippen LogP contribution in [0.2, 0.25) is 0 Å². The molecule has 0 saturated carbocycles. The first-order valence-electron chi connectivity index (χ1n) is 7.76. The third-order valence-electron chi connectivity index (χ3n) is 3.96. The Kier molecular flexibility index (Phi) is 5.64. The van der Waals surface area contributed by atoms with Crippen LogP contribution in [-0.4, -0.2) is 31.2 Å². The van der Waals surface area contributed by atoms with Gasteiger partial charge in [0.1, 0.15) is 5.82 Å². The summed E-state index contributed by atoms with van der Waals surface area (Å²) in [4.78, 5) is 6.96. The second kappa shape index (κ2) is 7.49. The van der Waals surface area contributed by atoms with E-state index in [-0.39, 0.29) is 0 Å². The molecule has 2 rings (SSSR count). The lowest BCUT2D eigenvalue weighted by Gasteiger charge is -2.29. The number of piperazine rings is 1. The molecule has 1 aliphatic heterocycles. The Labute approximate surface area is 117 Å². The molecule has 0 spiro atoms. The third-order valence-corrected chi connectivity index (χ3v) is 3.96. The molecule has 0 amide bonds. The molecule has 3 heteroatoms. The van der Waals surface area contributed by atoms with Crippen molar-refractivity contribution in [3.05, 3.63) is 23.9 Å². The molecule has 0 bridgehead atoms. The summed E-state index contributed by atoms with van der Waals surface area (Å²) in [6.07, 6.45) is 7.09. The molecule has 0 atom stereocenters. The number of anilines is 1. The average molecular weight is 261 g/mol. The minimum Gasteiger partial charge on any atom is -0.354 e. The van der Waals surface area contributed by atoms with Gasteiger partial charge in [-0.15, -0.1) is 0 Å². The van der Waals surface area contributed by atoms with Crippen LogP contribution in [0.3, 0.4) is 0 Å². The van der Waals surface area contributed by atoms with Gasteiger partial charge >= 0.3 is 0 Å². The second-order valence-electron chi connectivity index (χ2n) is 5.46. The van der Waals surface area contributed by atoms with E-state index in [4.69, 9.17) is 0 Å². The molecular formula is C16H27N3. The Morgan fingerprint density at radius 2 is 1.89 bits per heavy atom. The van der Waals surface area contributed by atoms with Crippen LogP contribution in [0.25, 0.3) is 0 Å². The van der Waals surface area contributed by atoms with Crippen molar-refractivity contribution in [1.82, 2.24) is 10.3 Å². The van der Waals surface area contributed by atoms with Crippen LogP contribution in [0.5, 0.6) is 0 Å². The van der Waals surface area contributed by atoms with E-state index in [2.05, 4.69) is 41.2 Å². The summed E-state index contributed by atoms with van der Waals surface area (Å²) in [6, 6.07) is 4.53. The smallest absolute Gasteiger partial charge is 0.128 e. The maximum atomic E-state index is 4.56. The number of rotatable bonds is 6. The maximum Gasteiger partial charge on any atom is 0.128 e. The van der Waals surface area contributed by atoms with Gasteiger partial charge in [0.15, 0.2) is 0 Å². The topological polar surface area (TPSA) is 28.2 Å². The van der Waals surface area contributed by atoms with Crippen LogP contribution in [-0.2, 0) is 0 Å². The van der Waals surface area contributed by atoms with E-state index in [1.54, 1.807) is 0 Å². The molecule has 1 aliphatic rings. The molecule has 1 aromatic rings. The van der Waals surface area contributed by atoms with Crippen LogP contribution >= 0.6 is 0 Å². The summed E-state index contributed by atoms with van der Waals surface area (Å²) in [7, 11) is 0. The van der Waals surface area contributed by atoms with Crippen molar-refractivity contribution in [1.29, 1.82) is 0 Å². The van der Waals surface area contributed by atoms with E-state index in [9.17, 15) is 0 Å². The largest absolute Gasteiger partial charge is 0.354 e. The molecule has 1 fully saturated rings. The predicted octanol–water partition coefficient (Wildman–Crippen LogP) is 3.18. The van der Waals surface area contributed by atoms with E-state index < -0.39 is 0 Å². The van der Waals surface area contributed by atoms with Gasteiger partial charge in [0.2, 0.25) is 0 Å². The molecule has 1 N–H and O–H groups in total. The van der Waals surface area contributed by atoms with E-state index in [0.29, 0.717) is 5.92 Å². The summed E-state index contributed by atoms with van der Waals surface area (Å²) in [5.74, 6) is 1.87. The second-order valence-corrected chi connectivity index (χ2v) is 5.46. The van der Waals surface area contributed by atoms with Gasteiger partial charge in [0.05, 0.1) is 0 Å². The van der Waals surface area contributed by atoms with E-state index in [1.807, 2.05) is 6.20 Å². The maximum absolute atomic E-state index is 4.56. The van der Waals surface area contributed by atoms with Crippen molar-refractivity contribution >= 4 is 5.82 Å². The van der Waals surface area contributed by atoms with Gasteiger partial charge in [-0.05, 0) is 36.5 Å². The van der Waals surface area contributed by atoms with Gasteiger partial charge in [-0.3, -0.25) is 0 Å². The zero-order valence-corrected chi connectivity index (χ0v) is 12.4. The Morgan fingerprint density at radius 1 is 1.21 bits per heavy atom. The number of hydrogen-bond acceptors (Lipinski definition) is 3. The Balaban J connectivity index is 2.12. The third kappa shape index (κ3) is 3.93. The summed E-state index contributed by atoms with van der Waals surface area (Å²) in [5, 5.41) is 3.39. The number of nitrogens with one attached hydrogen (secondary N) is 1. The first-order valence-corrected chi connectivity index (χ1v) is 7.76. The Bertz CT molecular complexity index is 366. The highest BCUT2D eigenvalue weighted by Gasteiger charge is 2.15. The fourth-order valence-corrected chi connectivity index (χ4v) is 2.93. The van der Waals surface area contributed by atoms with E-state index in [0.717, 1.165) is 32.0 Å².